The molecule has 0 saturated carbocycles. The highest BCUT2D eigenvalue weighted by Gasteiger charge is 2.31. The Morgan fingerprint density at radius 2 is 2.05 bits per heavy atom. The Balaban J connectivity index is 2.01. The van der Waals surface area contributed by atoms with Crippen LogP contribution in [0.3, 0.4) is 0 Å². The van der Waals surface area contributed by atoms with Crippen molar-refractivity contribution in [1.82, 2.24) is 10.2 Å². The minimum atomic E-state index is -0.352. The van der Waals surface area contributed by atoms with Crippen LogP contribution in [0.1, 0.15) is 18.0 Å². The number of rotatable bonds is 5. The first-order valence-electron chi connectivity index (χ1n) is 7.34. The predicted octanol–water partition coefficient (Wildman–Crippen LogP) is 1.85. The van der Waals surface area contributed by atoms with Gasteiger partial charge in [-0.2, -0.15) is 0 Å². The number of ether oxygens (including phenoxy) is 2. The third-order valence-electron chi connectivity index (χ3n) is 4.06. The molecule has 2 aliphatic rings. The molecule has 1 atom stereocenters. The third kappa shape index (κ3) is 2.77. The van der Waals surface area contributed by atoms with Gasteiger partial charge in [0.15, 0.2) is 11.5 Å². The zero-order chi connectivity index (χ0) is 15.5. The molecular weight excluding hydrogens is 286 g/mol. The van der Waals surface area contributed by atoms with Gasteiger partial charge in [0.1, 0.15) is 0 Å². The van der Waals surface area contributed by atoms with Gasteiger partial charge in [0, 0.05) is 32.2 Å². The van der Waals surface area contributed by atoms with Gasteiger partial charge >= 0.3 is 0 Å². The largest absolute Gasteiger partial charge is 0.454 e. The molecule has 0 radical (unpaired) electrons. The standard InChI is InChI=1S/C15H19N3O4/c1-2-3-12(17-6-4-16-5-7-17)11-8-14-15(22-10-21-14)9-13(11)18(19)20/h2,8-9,12,16H,1,3-7,10H2/t12-/m0/s1. The van der Waals surface area contributed by atoms with Crippen molar-refractivity contribution in [3.63, 3.8) is 0 Å². The van der Waals surface area contributed by atoms with Crippen LogP contribution in [0, 0.1) is 10.1 Å². The van der Waals surface area contributed by atoms with Gasteiger partial charge in [-0.15, -0.1) is 6.58 Å². The molecule has 1 N–H and O–H groups in total. The summed E-state index contributed by atoms with van der Waals surface area (Å²) >= 11 is 0. The van der Waals surface area contributed by atoms with Gasteiger partial charge in [-0.1, -0.05) is 6.08 Å². The highest BCUT2D eigenvalue weighted by Crippen LogP contribution is 2.42. The highest BCUT2D eigenvalue weighted by atomic mass is 16.7. The number of hydrogen-bond donors (Lipinski definition) is 1. The molecule has 2 aliphatic heterocycles. The molecular formula is C15H19N3O4. The molecule has 0 spiro atoms. The number of nitro groups is 1. The maximum Gasteiger partial charge on any atom is 0.278 e. The number of nitrogens with zero attached hydrogens (tertiary/aromatic N) is 2. The lowest BCUT2D eigenvalue weighted by atomic mass is 9.98. The molecule has 2 heterocycles. The summed E-state index contributed by atoms with van der Waals surface area (Å²) in [5.74, 6) is 1.01. The van der Waals surface area contributed by atoms with E-state index in [1.54, 1.807) is 12.1 Å². The SMILES string of the molecule is C=CC[C@@H](c1cc2c(cc1[N+](=O)[O-])OCO2)N1CCNCC1. The van der Waals surface area contributed by atoms with E-state index in [1.165, 1.54) is 6.07 Å². The van der Waals surface area contributed by atoms with E-state index in [0.717, 1.165) is 26.2 Å². The van der Waals surface area contributed by atoms with E-state index in [1.807, 2.05) is 0 Å². The van der Waals surface area contributed by atoms with E-state index in [2.05, 4.69) is 16.8 Å². The molecule has 0 amide bonds. The molecule has 0 aromatic heterocycles. The predicted molar refractivity (Wildman–Crippen MR) is 81.2 cm³/mol. The zero-order valence-electron chi connectivity index (χ0n) is 12.3. The van der Waals surface area contributed by atoms with E-state index >= 15 is 0 Å². The number of nitro benzene ring substituents is 1. The summed E-state index contributed by atoms with van der Waals surface area (Å²) in [4.78, 5) is 13.4. The second kappa shape index (κ2) is 6.33. The number of fused-ring (bicyclic) bond motifs is 1. The van der Waals surface area contributed by atoms with Crippen LogP contribution < -0.4 is 14.8 Å². The smallest absolute Gasteiger partial charge is 0.278 e. The molecule has 1 saturated heterocycles. The van der Waals surface area contributed by atoms with Crippen molar-refractivity contribution in [2.75, 3.05) is 33.0 Å². The third-order valence-corrected chi connectivity index (χ3v) is 4.06. The second-order valence-corrected chi connectivity index (χ2v) is 5.35. The van der Waals surface area contributed by atoms with E-state index < -0.39 is 0 Å². The first-order chi connectivity index (χ1) is 10.7. The summed E-state index contributed by atoms with van der Waals surface area (Å²) in [5, 5.41) is 14.8. The Bertz CT molecular complexity index is 584. The number of benzene rings is 1. The fourth-order valence-electron chi connectivity index (χ4n) is 3.00. The number of piperazine rings is 1. The van der Waals surface area contributed by atoms with Gasteiger partial charge in [0.25, 0.3) is 5.69 Å². The summed E-state index contributed by atoms with van der Waals surface area (Å²) in [6.45, 7) is 7.37. The van der Waals surface area contributed by atoms with Crippen molar-refractivity contribution in [1.29, 1.82) is 0 Å². The Hall–Kier alpha value is -2.12. The fraction of sp³-hybridized carbons (Fsp3) is 0.467. The van der Waals surface area contributed by atoms with Crippen LogP contribution in [-0.4, -0.2) is 42.8 Å². The Morgan fingerprint density at radius 1 is 1.36 bits per heavy atom. The van der Waals surface area contributed by atoms with Crippen molar-refractivity contribution < 1.29 is 14.4 Å². The van der Waals surface area contributed by atoms with E-state index in [9.17, 15) is 10.1 Å². The molecule has 1 aromatic rings. The van der Waals surface area contributed by atoms with Crippen LogP contribution in [0.25, 0.3) is 0 Å². The van der Waals surface area contributed by atoms with Crippen LogP contribution >= 0.6 is 0 Å². The summed E-state index contributed by atoms with van der Waals surface area (Å²) in [6, 6.07) is 3.14. The molecule has 1 fully saturated rings. The van der Waals surface area contributed by atoms with Crippen LogP contribution in [0.5, 0.6) is 11.5 Å². The topological polar surface area (TPSA) is 76.9 Å². The Labute approximate surface area is 128 Å². The monoisotopic (exact) mass is 305 g/mol. The zero-order valence-corrected chi connectivity index (χ0v) is 12.3. The second-order valence-electron chi connectivity index (χ2n) is 5.35. The van der Waals surface area contributed by atoms with Crippen LogP contribution in [0.15, 0.2) is 24.8 Å². The minimum Gasteiger partial charge on any atom is -0.454 e. The normalized spacial score (nSPS) is 18.9. The van der Waals surface area contributed by atoms with E-state index in [-0.39, 0.29) is 23.4 Å². The van der Waals surface area contributed by atoms with Crippen molar-refractivity contribution in [3.8, 4) is 11.5 Å². The first-order valence-corrected chi connectivity index (χ1v) is 7.34. The van der Waals surface area contributed by atoms with Crippen molar-refractivity contribution in [2.45, 2.75) is 12.5 Å². The molecule has 3 rings (SSSR count). The Morgan fingerprint density at radius 3 is 2.68 bits per heavy atom. The average Bonchev–Trinajstić information content (AvgIpc) is 2.99. The molecule has 22 heavy (non-hydrogen) atoms. The number of nitrogens with one attached hydrogen (secondary N) is 1. The lowest BCUT2D eigenvalue weighted by Crippen LogP contribution is -2.45. The molecule has 7 heteroatoms. The van der Waals surface area contributed by atoms with Crippen molar-refractivity contribution in [3.05, 3.63) is 40.5 Å². The maximum atomic E-state index is 11.5. The highest BCUT2D eigenvalue weighted by molar-refractivity contribution is 5.56. The molecule has 118 valence electrons. The first kappa shape index (κ1) is 14.8. The molecule has 7 nitrogen and oxygen atoms in total. The number of hydrogen-bond acceptors (Lipinski definition) is 6. The van der Waals surface area contributed by atoms with Gasteiger partial charge in [-0.25, -0.2) is 0 Å². The van der Waals surface area contributed by atoms with E-state index in [0.29, 0.717) is 23.5 Å². The van der Waals surface area contributed by atoms with Gasteiger partial charge < -0.3 is 14.8 Å². The quantitative estimate of drug-likeness (QED) is 0.508. The average molecular weight is 305 g/mol. The summed E-state index contributed by atoms with van der Waals surface area (Å²) in [6.07, 6.45) is 2.46. The Kier molecular flexibility index (Phi) is 4.26. The minimum absolute atomic E-state index is 0.0745. The van der Waals surface area contributed by atoms with E-state index in [4.69, 9.17) is 9.47 Å². The lowest BCUT2D eigenvalue weighted by Gasteiger charge is -2.34. The van der Waals surface area contributed by atoms with Gasteiger partial charge in [0.2, 0.25) is 6.79 Å². The molecule has 1 aromatic carbocycles. The van der Waals surface area contributed by atoms with Crippen molar-refractivity contribution in [2.24, 2.45) is 0 Å². The van der Waals surface area contributed by atoms with Gasteiger partial charge in [-0.3, -0.25) is 15.0 Å². The summed E-state index contributed by atoms with van der Waals surface area (Å²) in [5.41, 5.74) is 0.741. The molecule has 0 unspecified atom stereocenters. The van der Waals surface area contributed by atoms with Crippen molar-refractivity contribution >= 4 is 5.69 Å². The fourth-order valence-corrected chi connectivity index (χ4v) is 3.00. The lowest BCUT2D eigenvalue weighted by molar-refractivity contribution is -0.386. The van der Waals surface area contributed by atoms with Gasteiger partial charge in [0.05, 0.1) is 16.6 Å². The van der Waals surface area contributed by atoms with Crippen LogP contribution in [0.4, 0.5) is 5.69 Å². The summed E-state index contributed by atoms with van der Waals surface area (Å²) < 4.78 is 10.6. The molecule has 0 aliphatic carbocycles. The van der Waals surface area contributed by atoms with Crippen LogP contribution in [0.2, 0.25) is 0 Å². The summed E-state index contributed by atoms with van der Waals surface area (Å²) in [7, 11) is 0. The maximum absolute atomic E-state index is 11.5. The van der Waals surface area contributed by atoms with Gasteiger partial charge in [-0.05, 0) is 12.5 Å². The molecule has 0 bridgehead atoms. The van der Waals surface area contributed by atoms with Crippen LogP contribution in [-0.2, 0) is 0 Å².